The first-order valence-corrected chi connectivity index (χ1v) is 5.67. The second kappa shape index (κ2) is 6.92. The Morgan fingerprint density at radius 1 is 1.61 bits per heavy atom. The number of carbonyl (C=O) groups excluding carboxylic acids is 2. The summed E-state index contributed by atoms with van der Waals surface area (Å²) in [7, 11) is 3.07. The Kier molecular flexibility index (Phi) is 5.53. The second-order valence-corrected chi connectivity index (χ2v) is 3.91. The van der Waals surface area contributed by atoms with Crippen LogP contribution < -0.4 is 16.6 Å². The first-order valence-electron chi connectivity index (χ1n) is 5.67. The van der Waals surface area contributed by atoms with Gasteiger partial charge in [-0.15, -0.1) is 0 Å². The van der Waals surface area contributed by atoms with Gasteiger partial charge in [-0.2, -0.15) is 0 Å². The van der Waals surface area contributed by atoms with Crippen LogP contribution in [0.25, 0.3) is 0 Å². The smallest absolute Gasteiger partial charge is 0.252 e. The SMILES string of the molecule is COCCCN=C(NN)NC1CC(=O)N(C)C1=O. The zero-order valence-corrected chi connectivity index (χ0v) is 10.6. The van der Waals surface area contributed by atoms with Gasteiger partial charge in [0, 0.05) is 27.3 Å². The van der Waals surface area contributed by atoms with Crippen LogP contribution in [0, 0.1) is 0 Å². The maximum atomic E-state index is 11.6. The number of imide groups is 1. The minimum atomic E-state index is -0.597. The molecule has 0 aromatic heterocycles. The van der Waals surface area contributed by atoms with Gasteiger partial charge in [0.25, 0.3) is 5.91 Å². The van der Waals surface area contributed by atoms with Crippen molar-refractivity contribution in [2.24, 2.45) is 10.8 Å². The van der Waals surface area contributed by atoms with E-state index in [4.69, 9.17) is 10.6 Å². The lowest BCUT2D eigenvalue weighted by atomic mass is 10.2. The molecular formula is C10H19N5O3. The van der Waals surface area contributed by atoms with E-state index in [2.05, 4.69) is 15.7 Å². The molecule has 4 N–H and O–H groups in total. The molecule has 8 nitrogen and oxygen atoms in total. The summed E-state index contributed by atoms with van der Waals surface area (Å²) in [6.45, 7) is 1.12. The van der Waals surface area contributed by atoms with Gasteiger partial charge < -0.3 is 10.1 Å². The summed E-state index contributed by atoms with van der Waals surface area (Å²) in [5.74, 6) is 5.10. The molecule has 0 saturated carbocycles. The van der Waals surface area contributed by atoms with Gasteiger partial charge in [0.15, 0.2) is 0 Å². The largest absolute Gasteiger partial charge is 0.385 e. The molecule has 1 rings (SSSR count). The van der Waals surface area contributed by atoms with Gasteiger partial charge in [0.05, 0.1) is 6.42 Å². The summed E-state index contributed by atoms with van der Waals surface area (Å²) >= 11 is 0. The predicted octanol–water partition coefficient (Wildman–Crippen LogP) is -1.81. The molecular weight excluding hydrogens is 238 g/mol. The summed E-state index contributed by atoms with van der Waals surface area (Å²) in [4.78, 5) is 28.2. The van der Waals surface area contributed by atoms with E-state index in [-0.39, 0.29) is 18.2 Å². The Morgan fingerprint density at radius 3 is 2.83 bits per heavy atom. The van der Waals surface area contributed by atoms with Gasteiger partial charge in [0.1, 0.15) is 6.04 Å². The van der Waals surface area contributed by atoms with E-state index in [1.807, 2.05) is 0 Å². The topological polar surface area (TPSA) is 109 Å². The Morgan fingerprint density at radius 2 is 2.33 bits per heavy atom. The van der Waals surface area contributed by atoms with Crippen LogP contribution in [-0.4, -0.2) is 56.0 Å². The second-order valence-electron chi connectivity index (χ2n) is 3.91. The lowest BCUT2D eigenvalue weighted by molar-refractivity contribution is -0.137. The number of hydrazine groups is 1. The van der Waals surface area contributed by atoms with Crippen LogP contribution in [0.2, 0.25) is 0 Å². The number of carbonyl (C=O) groups is 2. The molecule has 0 aliphatic carbocycles. The minimum Gasteiger partial charge on any atom is -0.385 e. The molecule has 2 amide bonds. The van der Waals surface area contributed by atoms with E-state index in [9.17, 15) is 9.59 Å². The highest BCUT2D eigenvalue weighted by molar-refractivity contribution is 6.06. The average Bonchev–Trinajstić information content (AvgIpc) is 2.60. The third kappa shape index (κ3) is 3.67. The van der Waals surface area contributed by atoms with Crippen LogP contribution in [-0.2, 0) is 14.3 Å². The van der Waals surface area contributed by atoms with Crippen LogP contribution >= 0.6 is 0 Å². The molecule has 0 radical (unpaired) electrons. The first-order chi connectivity index (χ1) is 8.60. The molecule has 1 aliphatic rings. The summed E-state index contributed by atoms with van der Waals surface area (Å²) in [5.41, 5.74) is 2.37. The number of methoxy groups -OCH3 is 1. The van der Waals surface area contributed by atoms with Crippen molar-refractivity contribution in [3.8, 4) is 0 Å². The van der Waals surface area contributed by atoms with Gasteiger partial charge in [0.2, 0.25) is 11.9 Å². The molecule has 1 heterocycles. The van der Waals surface area contributed by atoms with Gasteiger partial charge in [-0.1, -0.05) is 0 Å². The number of likely N-dealkylation sites (tertiary alicyclic amines) is 1. The summed E-state index contributed by atoms with van der Waals surface area (Å²) in [5, 5.41) is 2.81. The maximum Gasteiger partial charge on any atom is 0.252 e. The Balaban J connectivity index is 2.48. The highest BCUT2D eigenvalue weighted by Gasteiger charge is 2.36. The zero-order chi connectivity index (χ0) is 13.5. The predicted molar refractivity (Wildman–Crippen MR) is 65.4 cm³/mol. The van der Waals surface area contributed by atoms with Crippen molar-refractivity contribution >= 4 is 17.8 Å². The molecule has 1 unspecified atom stereocenters. The Bertz CT molecular complexity index is 344. The molecule has 1 aliphatic heterocycles. The zero-order valence-electron chi connectivity index (χ0n) is 10.6. The van der Waals surface area contributed by atoms with Crippen molar-refractivity contribution < 1.29 is 14.3 Å². The monoisotopic (exact) mass is 257 g/mol. The van der Waals surface area contributed by atoms with Crippen LogP contribution in [0.4, 0.5) is 0 Å². The fourth-order valence-corrected chi connectivity index (χ4v) is 1.57. The molecule has 0 aromatic rings. The molecule has 0 bridgehead atoms. The van der Waals surface area contributed by atoms with Crippen LogP contribution in [0.15, 0.2) is 4.99 Å². The summed E-state index contributed by atoms with van der Waals surface area (Å²) in [6.07, 6.45) is 0.870. The number of nitrogens with two attached hydrogens (primary N) is 1. The molecule has 102 valence electrons. The van der Waals surface area contributed by atoms with Crippen molar-refractivity contribution in [2.75, 3.05) is 27.3 Å². The van der Waals surface area contributed by atoms with E-state index >= 15 is 0 Å². The Labute approximate surface area is 106 Å². The number of ether oxygens (including phenoxy) is 1. The number of hydrogen-bond acceptors (Lipinski definition) is 5. The van der Waals surface area contributed by atoms with Gasteiger partial charge in [-0.25, -0.2) is 5.84 Å². The van der Waals surface area contributed by atoms with Gasteiger partial charge >= 0.3 is 0 Å². The lowest BCUT2D eigenvalue weighted by Gasteiger charge is -2.13. The fourth-order valence-electron chi connectivity index (χ4n) is 1.57. The van der Waals surface area contributed by atoms with E-state index in [0.717, 1.165) is 11.3 Å². The normalized spacial score (nSPS) is 20.5. The third-order valence-corrected chi connectivity index (χ3v) is 2.61. The van der Waals surface area contributed by atoms with Gasteiger partial charge in [-0.3, -0.25) is 24.9 Å². The average molecular weight is 257 g/mol. The van der Waals surface area contributed by atoms with E-state index in [1.165, 1.54) is 7.05 Å². The highest BCUT2D eigenvalue weighted by Crippen LogP contribution is 2.09. The van der Waals surface area contributed by atoms with Crippen molar-refractivity contribution in [3.05, 3.63) is 0 Å². The standard InChI is InChI=1S/C10H19N5O3/c1-15-8(16)6-7(9(15)17)13-10(14-11)12-4-3-5-18-2/h7H,3-6,11H2,1-2H3,(H2,12,13,14). The number of hydrogen-bond donors (Lipinski definition) is 3. The number of rotatable bonds is 5. The number of nitrogens with zero attached hydrogens (tertiary/aromatic N) is 2. The number of amides is 2. The minimum absolute atomic E-state index is 0.119. The number of aliphatic imine (C=N–C) groups is 1. The highest BCUT2D eigenvalue weighted by atomic mass is 16.5. The van der Waals surface area contributed by atoms with E-state index in [0.29, 0.717) is 19.1 Å². The van der Waals surface area contributed by atoms with Gasteiger partial charge in [-0.05, 0) is 6.42 Å². The van der Waals surface area contributed by atoms with Crippen molar-refractivity contribution in [2.45, 2.75) is 18.9 Å². The number of guanidine groups is 1. The van der Waals surface area contributed by atoms with Crippen molar-refractivity contribution in [3.63, 3.8) is 0 Å². The lowest BCUT2D eigenvalue weighted by Crippen LogP contribution is -2.49. The fraction of sp³-hybridized carbons (Fsp3) is 0.700. The Hall–Kier alpha value is -1.67. The molecule has 0 spiro atoms. The molecule has 1 fully saturated rings. The van der Waals surface area contributed by atoms with E-state index in [1.54, 1.807) is 7.11 Å². The molecule has 1 saturated heterocycles. The number of nitrogens with one attached hydrogen (secondary N) is 2. The van der Waals surface area contributed by atoms with Crippen molar-refractivity contribution in [1.82, 2.24) is 15.6 Å². The molecule has 18 heavy (non-hydrogen) atoms. The van der Waals surface area contributed by atoms with E-state index < -0.39 is 6.04 Å². The van der Waals surface area contributed by atoms with Crippen LogP contribution in [0.3, 0.4) is 0 Å². The summed E-state index contributed by atoms with van der Waals surface area (Å²) < 4.78 is 4.89. The molecule has 8 heteroatoms. The number of likely N-dealkylation sites (N-methyl/N-ethyl adjacent to an activating group) is 1. The molecule has 1 atom stereocenters. The van der Waals surface area contributed by atoms with Crippen LogP contribution in [0.5, 0.6) is 0 Å². The maximum absolute atomic E-state index is 11.6. The quantitative estimate of drug-likeness (QED) is 0.134. The summed E-state index contributed by atoms with van der Waals surface area (Å²) in [6, 6.07) is -0.597. The van der Waals surface area contributed by atoms with Crippen LogP contribution in [0.1, 0.15) is 12.8 Å². The third-order valence-electron chi connectivity index (χ3n) is 2.61. The first kappa shape index (κ1) is 14.4. The van der Waals surface area contributed by atoms with Crippen molar-refractivity contribution in [1.29, 1.82) is 0 Å². The molecule has 0 aromatic carbocycles.